The van der Waals surface area contributed by atoms with E-state index in [9.17, 15) is 9.59 Å². The van der Waals surface area contributed by atoms with Gasteiger partial charge in [0, 0.05) is 11.6 Å². The number of ether oxygens (including phenoxy) is 4. The highest BCUT2D eigenvalue weighted by Crippen LogP contribution is 2.23. The van der Waals surface area contributed by atoms with Crippen molar-refractivity contribution in [3.8, 4) is 23.0 Å². The van der Waals surface area contributed by atoms with Crippen LogP contribution < -0.4 is 20.1 Å². The number of carbonyl (C=O) groups excluding carboxylic acids is 2. The number of nitrogens with one attached hydrogen (secondary N) is 2. The van der Waals surface area contributed by atoms with Crippen LogP contribution in [0.25, 0.3) is 0 Å². The van der Waals surface area contributed by atoms with Crippen LogP contribution in [0.5, 0.6) is 11.5 Å². The molecule has 0 fully saturated rings. The zero-order valence-electron chi connectivity index (χ0n) is 22.0. The van der Waals surface area contributed by atoms with Crippen molar-refractivity contribution >= 4 is 20.3 Å². The second-order valence-corrected chi connectivity index (χ2v) is 15.5. The van der Waals surface area contributed by atoms with Crippen LogP contribution in [0.2, 0.25) is 19.6 Å². The standard InChI is InChI=1S/C25H40N2O6Si/c1-24(2,3)32-22(28)26-11-13-30-20-16-19(10-15-34(7,8)9)17-21(18-20)31-14-12-27-23(29)33-25(4,5)6/h16-18H,11-14H2,1-9H3,(H,26,28)(H,27,29). The summed E-state index contributed by atoms with van der Waals surface area (Å²) in [6.45, 7) is 18.4. The molecule has 2 amide bonds. The van der Waals surface area contributed by atoms with Crippen molar-refractivity contribution in [3.63, 3.8) is 0 Å². The molecule has 0 aliphatic heterocycles. The Morgan fingerprint density at radius 1 is 0.794 bits per heavy atom. The Morgan fingerprint density at radius 2 is 1.21 bits per heavy atom. The summed E-state index contributed by atoms with van der Waals surface area (Å²) in [5, 5.41) is 5.32. The number of carbonyl (C=O) groups is 2. The number of amides is 2. The minimum Gasteiger partial charge on any atom is -0.492 e. The molecule has 0 aliphatic rings. The maximum atomic E-state index is 11.8. The third-order valence-electron chi connectivity index (χ3n) is 3.54. The fourth-order valence-electron chi connectivity index (χ4n) is 2.34. The van der Waals surface area contributed by atoms with E-state index in [1.807, 2.05) is 12.1 Å². The molecule has 0 heterocycles. The number of rotatable bonds is 8. The predicted octanol–water partition coefficient (Wildman–Crippen LogP) is 4.72. The second kappa shape index (κ2) is 12.6. The highest BCUT2D eigenvalue weighted by molar-refractivity contribution is 6.83. The normalized spacial score (nSPS) is 11.6. The Morgan fingerprint density at radius 3 is 1.56 bits per heavy atom. The van der Waals surface area contributed by atoms with Gasteiger partial charge >= 0.3 is 12.2 Å². The minimum absolute atomic E-state index is 0.254. The summed E-state index contributed by atoms with van der Waals surface area (Å²) in [5.41, 5.74) is 2.99. The first-order valence-electron chi connectivity index (χ1n) is 11.4. The first kappa shape index (κ1) is 29.2. The van der Waals surface area contributed by atoms with Gasteiger partial charge in [0.1, 0.15) is 44.0 Å². The second-order valence-electron chi connectivity index (χ2n) is 10.7. The topological polar surface area (TPSA) is 95.1 Å². The number of hydrogen-bond donors (Lipinski definition) is 2. The molecule has 0 unspecified atom stereocenters. The number of benzene rings is 1. The van der Waals surface area contributed by atoms with Gasteiger partial charge in [-0.15, -0.1) is 5.54 Å². The molecule has 1 aromatic rings. The Hall–Kier alpha value is -2.86. The van der Waals surface area contributed by atoms with E-state index in [1.54, 1.807) is 47.6 Å². The van der Waals surface area contributed by atoms with Gasteiger partial charge in [0.05, 0.1) is 13.1 Å². The van der Waals surface area contributed by atoms with E-state index >= 15 is 0 Å². The van der Waals surface area contributed by atoms with Crippen molar-refractivity contribution in [2.24, 2.45) is 0 Å². The maximum absolute atomic E-state index is 11.8. The summed E-state index contributed by atoms with van der Waals surface area (Å²) in [6.07, 6.45) is -0.986. The van der Waals surface area contributed by atoms with Gasteiger partial charge in [-0.25, -0.2) is 9.59 Å². The molecule has 0 bridgehead atoms. The lowest BCUT2D eigenvalue weighted by Crippen LogP contribution is -2.34. The molecule has 190 valence electrons. The highest BCUT2D eigenvalue weighted by Gasteiger charge is 2.16. The molecule has 0 saturated heterocycles. The molecule has 0 aromatic heterocycles. The van der Waals surface area contributed by atoms with Gasteiger partial charge < -0.3 is 29.6 Å². The molecular formula is C25H40N2O6Si. The third kappa shape index (κ3) is 15.1. The van der Waals surface area contributed by atoms with Crippen molar-refractivity contribution in [2.45, 2.75) is 72.4 Å². The van der Waals surface area contributed by atoms with Crippen LogP contribution in [0.4, 0.5) is 9.59 Å². The summed E-state index contributed by atoms with van der Waals surface area (Å²) >= 11 is 0. The van der Waals surface area contributed by atoms with Crippen LogP contribution in [0.15, 0.2) is 18.2 Å². The summed E-state index contributed by atoms with van der Waals surface area (Å²) < 4.78 is 22.0. The van der Waals surface area contributed by atoms with Crippen molar-refractivity contribution in [3.05, 3.63) is 23.8 Å². The Bertz CT molecular complexity index is 832. The quantitative estimate of drug-likeness (QED) is 0.310. The lowest BCUT2D eigenvalue weighted by atomic mass is 10.2. The molecular weight excluding hydrogens is 452 g/mol. The maximum Gasteiger partial charge on any atom is 0.407 e. The van der Waals surface area contributed by atoms with Gasteiger partial charge in [0.15, 0.2) is 0 Å². The van der Waals surface area contributed by atoms with E-state index in [-0.39, 0.29) is 26.3 Å². The van der Waals surface area contributed by atoms with Gasteiger partial charge in [0.25, 0.3) is 0 Å². The Kier molecular flexibility index (Phi) is 10.8. The van der Waals surface area contributed by atoms with Crippen LogP contribution in [0, 0.1) is 11.5 Å². The van der Waals surface area contributed by atoms with Gasteiger partial charge in [-0.1, -0.05) is 25.6 Å². The number of hydrogen-bond acceptors (Lipinski definition) is 6. The minimum atomic E-state index is -1.57. The fourth-order valence-corrected chi connectivity index (χ4v) is 2.86. The Balaban J connectivity index is 2.73. The smallest absolute Gasteiger partial charge is 0.407 e. The first-order chi connectivity index (χ1) is 15.5. The summed E-state index contributed by atoms with van der Waals surface area (Å²) in [7, 11) is -1.57. The summed E-state index contributed by atoms with van der Waals surface area (Å²) in [6, 6.07) is 5.43. The first-order valence-corrected chi connectivity index (χ1v) is 14.9. The van der Waals surface area contributed by atoms with Crippen LogP contribution in [-0.4, -0.2) is 57.8 Å². The van der Waals surface area contributed by atoms with Gasteiger partial charge in [0.2, 0.25) is 0 Å². The summed E-state index contributed by atoms with van der Waals surface area (Å²) in [4.78, 5) is 23.5. The predicted molar refractivity (Wildman–Crippen MR) is 136 cm³/mol. The molecule has 1 rings (SSSR count). The average molecular weight is 493 g/mol. The van der Waals surface area contributed by atoms with Crippen molar-refractivity contribution in [1.29, 1.82) is 0 Å². The van der Waals surface area contributed by atoms with Crippen LogP contribution >= 0.6 is 0 Å². The summed E-state index contributed by atoms with van der Waals surface area (Å²) in [5.74, 6) is 4.35. The van der Waals surface area contributed by atoms with Crippen LogP contribution in [-0.2, 0) is 9.47 Å². The zero-order chi connectivity index (χ0) is 26.0. The molecule has 0 atom stereocenters. The third-order valence-corrected chi connectivity index (χ3v) is 4.41. The fraction of sp³-hybridized carbons (Fsp3) is 0.600. The largest absolute Gasteiger partial charge is 0.492 e. The van der Waals surface area contributed by atoms with Crippen molar-refractivity contribution in [2.75, 3.05) is 26.3 Å². The van der Waals surface area contributed by atoms with Crippen LogP contribution in [0.1, 0.15) is 47.1 Å². The SMILES string of the molecule is CC(C)(C)OC(=O)NCCOc1cc(C#C[Si](C)(C)C)cc(OCCNC(=O)OC(C)(C)C)c1. The van der Waals surface area contributed by atoms with Gasteiger partial charge in [-0.3, -0.25) is 0 Å². The van der Waals surface area contributed by atoms with Crippen molar-refractivity contribution in [1.82, 2.24) is 10.6 Å². The van der Waals surface area contributed by atoms with E-state index in [0.717, 1.165) is 5.56 Å². The van der Waals surface area contributed by atoms with E-state index < -0.39 is 31.5 Å². The van der Waals surface area contributed by atoms with E-state index in [0.29, 0.717) is 11.5 Å². The van der Waals surface area contributed by atoms with Crippen molar-refractivity contribution < 1.29 is 28.5 Å². The molecule has 0 radical (unpaired) electrons. The zero-order valence-corrected chi connectivity index (χ0v) is 23.0. The lowest BCUT2D eigenvalue weighted by molar-refractivity contribution is 0.0509. The average Bonchev–Trinajstić information content (AvgIpc) is 2.64. The monoisotopic (exact) mass is 492 g/mol. The molecule has 8 nitrogen and oxygen atoms in total. The number of alkyl carbamates (subject to hydrolysis) is 2. The molecule has 0 aliphatic carbocycles. The molecule has 1 aromatic carbocycles. The molecule has 34 heavy (non-hydrogen) atoms. The van der Waals surface area contributed by atoms with Crippen LogP contribution in [0.3, 0.4) is 0 Å². The van der Waals surface area contributed by atoms with E-state index in [2.05, 4.69) is 41.7 Å². The van der Waals surface area contributed by atoms with E-state index in [4.69, 9.17) is 18.9 Å². The highest BCUT2D eigenvalue weighted by atomic mass is 28.3. The molecule has 2 N–H and O–H groups in total. The molecule has 0 spiro atoms. The van der Waals surface area contributed by atoms with E-state index in [1.165, 1.54) is 0 Å². The van der Waals surface area contributed by atoms with Gasteiger partial charge in [-0.05, 0) is 53.7 Å². The molecule has 9 heteroatoms. The molecule has 0 saturated carbocycles. The Labute approximate surface area is 205 Å². The lowest BCUT2D eigenvalue weighted by Gasteiger charge is -2.20. The van der Waals surface area contributed by atoms with Gasteiger partial charge in [-0.2, -0.15) is 0 Å².